The number of rotatable bonds is 5. The average molecular weight is 362 g/mol. The van der Waals surface area contributed by atoms with Crippen molar-refractivity contribution in [2.45, 2.75) is 13.3 Å². The number of aliphatic imine (C=N–C) groups is 1. The predicted molar refractivity (Wildman–Crippen MR) is 85.3 cm³/mol. The normalized spacial score (nSPS) is 10.4. The number of carbonyl (C=O) groups is 1. The Morgan fingerprint density at radius 1 is 1.33 bits per heavy atom. The lowest BCUT2D eigenvalue weighted by molar-refractivity contribution is -0.114. The first-order valence-corrected chi connectivity index (χ1v) is 5.61. The SMILES string of the molecule is CCCNC(N)=NCC(=O)Nc1ccccc1.I. The smallest absolute Gasteiger partial charge is 0.246 e. The quantitative estimate of drug-likeness (QED) is 0.423. The van der Waals surface area contributed by atoms with E-state index in [0.29, 0.717) is 5.96 Å². The third-order valence-electron chi connectivity index (χ3n) is 2.01. The highest BCUT2D eigenvalue weighted by Crippen LogP contribution is 2.04. The molecule has 1 rings (SSSR count). The number of anilines is 1. The fourth-order valence-electron chi connectivity index (χ4n) is 1.19. The van der Waals surface area contributed by atoms with E-state index in [4.69, 9.17) is 5.73 Å². The number of carbonyl (C=O) groups excluding carboxylic acids is 1. The second kappa shape index (κ2) is 9.69. The van der Waals surface area contributed by atoms with Crippen molar-refractivity contribution in [2.24, 2.45) is 10.7 Å². The van der Waals surface area contributed by atoms with E-state index in [1.54, 1.807) is 0 Å². The number of nitrogens with zero attached hydrogens (tertiary/aromatic N) is 1. The number of guanidine groups is 1. The lowest BCUT2D eigenvalue weighted by Crippen LogP contribution is -2.33. The van der Waals surface area contributed by atoms with Crippen LogP contribution in [0.3, 0.4) is 0 Å². The Morgan fingerprint density at radius 3 is 2.61 bits per heavy atom. The van der Waals surface area contributed by atoms with Crippen molar-refractivity contribution in [3.8, 4) is 0 Å². The first-order valence-electron chi connectivity index (χ1n) is 5.61. The molecule has 6 heteroatoms. The highest BCUT2D eigenvalue weighted by atomic mass is 127. The molecule has 0 bridgehead atoms. The summed E-state index contributed by atoms with van der Waals surface area (Å²) in [6.07, 6.45) is 0.965. The molecule has 18 heavy (non-hydrogen) atoms. The monoisotopic (exact) mass is 362 g/mol. The third kappa shape index (κ3) is 7.10. The Morgan fingerprint density at radius 2 is 2.00 bits per heavy atom. The van der Waals surface area contributed by atoms with E-state index >= 15 is 0 Å². The number of nitrogens with one attached hydrogen (secondary N) is 2. The number of para-hydroxylation sites is 1. The Bertz CT molecular complexity index is 381. The molecule has 0 aromatic heterocycles. The van der Waals surface area contributed by atoms with Crippen LogP contribution in [0.25, 0.3) is 0 Å². The summed E-state index contributed by atoms with van der Waals surface area (Å²) in [5, 5.41) is 5.62. The molecule has 100 valence electrons. The van der Waals surface area contributed by atoms with Crippen molar-refractivity contribution in [1.82, 2.24) is 5.32 Å². The van der Waals surface area contributed by atoms with E-state index in [-0.39, 0.29) is 36.4 Å². The van der Waals surface area contributed by atoms with Gasteiger partial charge in [-0.05, 0) is 18.6 Å². The van der Waals surface area contributed by atoms with E-state index in [1.807, 2.05) is 37.3 Å². The van der Waals surface area contributed by atoms with Gasteiger partial charge in [-0.3, -0.25) is 4.79 Å². The van der Waals surface area contributed by atoms with Crippen LogP contribution in [0.4, 0.5) is 5.69 Å². The fraction of sp³-hybridized carbons (Fsp3) is 0.333. The molecule has 0 spiro atoms. The van der Waals surface area contributed by atoms with Crippen molar-refractivity contribution < 1.29 is 4.79 Å². The summed E-state index contributed by atoms with van der Waals surface area (Å²) in [4.78, 5) is 15.4. The molecule has 5 nitrogen and oxygen atoms in total. The van der Waals surface area contributed by atoms with Crippen LogP contribution < -0.4 is 16.4 Å². The van der Waals surface area contributed by atoms with Gasteiger partial charge in [-0.1, -0.05) is 25.1 Å². The molecule has 0 radical (unpaired) electrons. The molecular formula is C12H19IN4O. The van der Waals surface area contributed by atoms with Crippen LogP contribution in [-0.4, -0.2) is 25.0 Å². The van der Waals surface area contributed by atoms with Gasteiger partial charge >= 0.3 is 0 Å². The van der Waals surface area contributed by atoms with Crippen LogP contribution in [0, 0.1) is 0 Å². The number of hydrogen-bond donors (Lipinski definition) is 3. The minimum absolute atomic E-state index is 0. The van der Waals surface area contributed by atoms with Crippen LogP contribution in [0.1, 0.15) is 13.3 Å². The van der Waals surface area contributed by atoms with Crippen molar-refractivity contribution >= 4 is 41.5 Å². The summed E-state index contributed by atoms with van der Waals surface area (Å²) in [6.45, 7) is 2.81. The van der Waals surface area contributed by atoms with E-state index in [9.17, 15) is 4.79 Å². The maximum atomic E-state index is 11.5. The van der Waals surface area contributed by atoms with Gasteiger partial charge in [0, 0.05) is 12.2 Å². The maximum absolute atomic E-state index is 11.5. The molecule has 0 saturated carbocycles. The minimum atomic E-state index is -0.183. The van der Waals surface area contributed by atoms with Crippen LogP contribution >= 0.6 is 24.0 Å². The Balaban J connectivity index is 0.00000289. The summed E-state index contributed by atoms with van der Waals surface area (Å²) >= 11 is 0. The molecule has 0 aliphatic carbocycles. The molecule has 1 aromatic carbocycles. The van der Waals surface area contributed by atoms with Crippen molar-refractivity contribution in [3.63, 3.8) is 0 Å². The Hall–Kier alpha value is -1.31. The summed E-state index contributed by atoms with van der Waals surface area (Å²) in [5.41, 5.74) is 6.32. The third-order valence-corrected chi connectivity index (χ3v) is 2.01. The van der Waals surface area contributed by atoms with Gasteiger partial charge in [-0.2, -0.15) is 0 Å². The molecule has 1 amide bonds. The summed E-state index contributed by atoms with van der Waals surface area (Å²) < 4.78 is 0. The second-order valence-electron chi connectivity index (χ2n) is 3.54. The summed E-state index contributed by atoms with van der Waals surface area (Å²) in [7, 11) is 0. The molecule has 0 heterocycles. The van der Waals surface area contributed by atoms with Crippen LogP contribution in [-0.2, 0) is 4.79 Å². The largest absolute Gasteiger partial charge is 0.370 e. The lowest BCUT2D eigenvalue weighted by atomic mass is 10.3. The van der Waals surface area contributed by atoms with Crippen molar-refractivity contribution in [3.05, 3.63) is 30.3 Å². The standard InChI is InChI=1S/C12H18N4O.HI/c1-2-8-14-12(13)15-9-11(17)16-10-6-4-3-5-7-10;/h3-7H,2,8-9H2,1H3,(H,16,17)(H3,13,14,15);1H. The Labute approximate surface area is 124 Å². The molecule has 0 unspecified atom stereocenters. The summed E-state index contributed by atoms with van der Waals surface area (Å²) in [6, 6.07) is 9.24. The van der Waals surface area contributed by atoms with Gasteiger partial charge in [-0.15, -0.1) is 24.0 Å². The minimum Gasteiger partial charge on any atom is -0.370 e. The summed E-state index contributed by atoms with van der Waals surface area (Å²) in [5.74, 6) is 0.118. The van der Waals surface area contributed by atoms with Gasteiger partial charge in [0.25, 0.3) is 0 Å². The molecule has 0 aliphatic heterocycles. The lowest BCUT2D eigenvalue weighted by Gasteiger charge is -2.04. The van der Waals surface area contributed by atoms with E-state index < -0.39 is 0 Å². The van der Waals surface area contributed by atoms with Crippen LogP contribution in [0.5, 0.6) is 0 Å². The number of halogens is 1. The maximum Gasteiger partial charge on any atom is 0.246 e. The number of hydrogen-bond acceptors (Lipinski definition) is 2. The zero-order valence-electron chi connectivity index (χ0n) is 10.3. The van der Waals surface area contributed by atoms with Crippen LogP contribution in [0.15, 0.2) is 35.3 Å². The van der Waals surface area contributed by atoms with E-state index in [1.165, 1.54) is 0 Å². The van der Waals surface area contributed by atoms with Gasteiger partial charge in [0.2, 0.25) is 5.91 Å². The molecule has 0 atom stereocenters. The van der Waals surface area contributed by atoms with E-state index in [0.717, 1.165) is 18.7 Å². The molecule has 4 N–H and O–H groups in total. The van der Waals surface area contributed by atoms with Gasteiger partial charge in [0.1, 0.15) is 6.54 Å². The molecule has 0 aliphatic rings. The highest BCUT2D eigenvalue weighted by Gasteiger charge is 2.00. The first kappa shape index (κ1) is 16.7. The predicted octanol–water partition coefficient (Wildman–Crippen LogP) is 1.56. The molecule has 0 fully saturated rings. The van der Waals surface area contributed by atoms with Crippen molar-refractivity contribution in [2.75, 3.05) is 18.4 Å². The van der Waals surface area contributed by atoms with Gasteiger partial charge < -0.3 is 16.4 Å². The number of benzene rings is 1. The average Bonchev–Trinajstić information content (AvgIpc) is 2.35. The van der Waals surface area contributed by atoms with Gasteiger partial charge in [-0.25, -0.2) is 4.99 Å². The van der Waals surface area contributed by atoms with Gasteiger partial charge in [0.05, 0.1) is 0 Å². The molecule has 0 saturated heterocycles. The molecule has 1 aromatic rings. The topological polar surface area (TPSA) is 79.5 Å². The molecular weight excluding hydrogens is 343 g/mol. The second-order valence-corrected chi connectivity index (χ2v) is 3.54. The number of amides is 1. The van der Waals surface area contributed by atoms with E-state index in [2.05, 4.69) is 15.6 Å². The number of nitrogens with two attached hydrogens (primary N) is 1. The van der Waals surface area contributed by atoms with Crippen LogP contribution in [0.2, 0.25) is 0 Å². The van der Waals surface area contributed by atoms with Gasteiger partial charge in [0.15, 0.2) is 5.96 Å². The fourth-order valence-corrected chi connectivity index (χ4v) is 1.19. The zero-order valence-corrected chi connectivity index (χ0v) is 12.7. The Kier molecular flexibility index (Phi) is 8.99. The van der Waals surface area contributed by atoms with Crippen molar-refractivity contribution in [1.29, 1.82) is 0 Å². The zero-order chi connectivity index (χ0) is 12.5. The highest BCUT2D eigenvalue weighted by molar-refractivity contribution is 14.0. The first-order chi connectivity index (χ1) is 8.22.